The quantitative estimate of drug-likeness (QED) is 0.754. The number of aliphatic carboxylic acids is 1. The lowest BCUT2D eigenvalue weighted by molar-refractivity contribution is -0.143. The molecule has 18 heavy (non-hydrogen) atoms. The molecule has 2 atom stereocenters. The van der Waals surface area contributed by atoms with Crippen LogP contribution >= 0.6 is 0 Å². The second-order valence-corrected chi connectivity index (χ2v) is 4.58. The van der Waals surface area contributed by atoms with E-state index in [-0.39, 0.29) is 5.92 Å². The van der Waals surface area contributed by atoms with Crippen LogP contribution in [0.5, 0.6) is 0 Å². The molecule has 0 bridgehead atoms. The second-order valence-electron chi connectivity index (χ2n) is 4.58. The average Bonchev–Trinajstić information content (AvgIpc) is 2.34. The van der Waals surface area contributed by atoms with Crippen LogP contribution in [0.3, 0.4) is 0 Å². The van der Waals surface area contributed by atoms with Gasteiger partial charge in [0.15, 0.2) is 0 Å². The highest BCUT2D eigenvalue weighted by atomic mass is 16.5. The Morgan fingerprint density at radius 3 is 2.50 bits per heavy atom. The first kappa shape index (κ1) is 14.5. The summed E-state index contributed by atoms with van der Waals surface area (Å²) in [5, 5.41) is 9.02. The number of benzene rings is 1. The Bertz CT molecular complexity index is 397. The molecule has 0 fully saturated rings. The highest BCUT2D eigenvalue weighted by Gasteiger charge is 2.24. The molecule has 0 aliphatic heterocycles. The fourth-order valence-electron chi connectivity index (χ4n) is 1.76. The van der Waals surface area contributed by atoms with Gasteiger partial charge in [0, 0.05) is 5.92 Å². The lowest BCUT2D eigenvalue weighted by atomic mass is 9.89. The molecular weight excluding hydrogens is 228 g/mol. The Hall–Kier alpha value is -1.61. The summed E-state index contributed by atoms with van der Waals surface area (Å²) in [6, 6.07) is 9.82. The molecule has 0 unspecified atom stereocenters. The van der Waals surface area contributed by atoms with Crippen molar-refractivity contribution >= 4 is 5.97 Å². The van der Waals surface area contributed by atoms with Crippen LogP contribution in [0.1, 0.15) is 19.4 Å². The average molecular weight is 248 g/mol. The van der Waals surface area contributed by atoms with Gasteiger partial charge in [-0.2, -0.15) is 0 Å². The number of rotatable bonds is 7. The standard InChI is InChI=1S/C15H20O3/c1-11(2)14(12(3)15(16)17)10-18-9-13-7-5-4-6-8-13/h4-8,12,14H,1,9-10H2,2-3H3,(H,16,17)/t12-,14-/m1/s1. The smallest absolute Gasteiger partial charge is 0.306 e. The van der Waals surface area contributed by atoms with Gasteiger partial charge in [0.05, 0.1) is 19.1 Å². The van der Waals surface area contributed by atoms with Crippen LogP contribution in [-0.4, -0.2) is 17.7 Å². The first-order chi connectivity index (χ1) is 8.52. The van der Waals surface area contributed by atoms with Crippen LogP contribution in [0.25, 0.3) is 0 Å². The predicted octanol–water partition coefficient (Wildman–Crippen LogP) is 3.12. The minimum atomic E-state index is -0.814. The zero-order valence-corrected chi connectivity index (χ0v) is 10.9. The van der Waals surface area contributed by atoms with Gasteiger partial charge in [0.25, 0.3) is 0 Å². The molecule has 0 aromatic heterocycles. The van der Waals surface area contributed by atoms with E-state index in [1.807, 2.05) is 37.3 Å². The van der Waals surface area contributed by atoms with E-state index in [0.29, 0.717) is 13.2 Å². The third-order valence-electron chi connectivity index (χ3n) is 3.04. The van der Waals surface area contributed by atoms with Gasteiger partial charge >= 0.3 is 5.97 Å². The third-order valence-corrected chi connectivity index (χ3v) is 3.04. The predicted molar refractivity (Wildman–Crippen MR) is 71.2 cm³/mol. The molecular formula is C15H20O3. The maximum atomic E-state index is 11.0. The van der Waals surface area contributed by atoms with Crippen LogP contribution in [0.15, 0.2) is 42.5 Å². The van der Waals surface area contributed by atoms with E-state index in [1.54, 1.807) is 6.92 Å². The normalized spacial score (nSPS) is 13.9. The summed E-state index contributed by atoms with van der Waals surface area (Å²) in [6.07, 6.45) is 0. The van der Waals surface area contributed by atoms with E-state index >= 15 is 0 Å². The zero-order chi connectivity index (χ0) is 13.5. The van der Waals surface area contributed by atoms with Gasteiger partial charge in [0.2, 0.25) is 0 Å². The Balaban J connectivity index is 2.48. The van der Waals surface area contributed by atoms with Crippen LogP contribution in [0.2, 0.25) is 0 Å². The monoisotopic (exact) mass is 248 g/mol. The SMILES string of the molecule is C=C(C)[C@@H](COCc1ccccc1)[C@@H](C)C(=O)O. The fourth-order valence-corrected chi connectivity index (χ4v) is 1.76. The summed E-state index contributed by atoms with van der Waals surface area (Å²) >= 11 is 0. The van der Waals surface area contributed by atoms with Crippen molar-refractivity contribution in [3.63, 3.8) is 0 Å². The van der Waals surface area contributed by atoms with E-state index < -0.39 is 11.9 Å². The molecule has 3 heteroatoms. The molecule has 0 spiro atoms. The largest absolute Gasteiger partial charge is 0.481 e. The molecule has 0 heterocycles. The summed E-state index contributed by atoms with van der Waals surface area (Å²) in [7, 11) is 0. The Kier molecular flexibility index (Phi) is 5.59. The third kappa shape index (κ3) is 4.34. The highest BCUT2D eigenvalue weighted by molar-refractivity contribution is 5.70. The van der Waals surface area contributed by atoms with Crippen molar-refractivity contribution in [1.29, 1.82) is 0 Å². The van der Waals surface area contributed by atoms with E-state index in [0.717, 1.165) is 11.1 Å². The topological polar surface area (TPSA) is 46.5 Å². The molecule has 0 saturated heterocycles. The lowest BCUT2D eigenvalue weighted by Crippen LogP contribution is -2.25. The van der Waals surface area contributed by atoms with E-state index in [9.17, 15) is 4.79 Å². The molecule has 3 nitrogen and oxygen atoms in total. The fraction of sp³-hybridized carbons (Fsp3) is 0.400. The van der Waals surface area contributed by atoms with Crippen molar-refractivity contribution < 1.29 is 14.6 Å². The van der Waals surface area contributed by atoms with Gasteiger partial charge < -0.3 is 9.84 Å². The van der Waals surface area contributed by atoms with Gasteiger partial charge in [-0.25, -0.2) is 0 Å². The van der Waals surface area contributed by atoms with Crippen LogP contribution < -0.4 is 0 Å². The van der Waals surface area contributed by atoms with Crippen molar-refractivity contribution in [2.24, 2.45) is 11.8 Å². The molecule has 0 amide bonds. The molecule has 1 aromatic rings. The molecule has 0 saturated carbocycles. The number of carboxylic acid groups (broad SMARTS) is 1. The summed E-state index contributed by atoms with van der Waals surface area (Å²) < 4.78 is 5.59. The van der Waals surface area contributed by atoms with Gasteiger partial charge in [-0.15, -0.1) is 0 Å². The Morgan fingerprint density at radius 2 is 2.00 bits per heavy atom. The Morgan fingerprint density at radius 1 is 1.39 bits per heavy atom. The zero-order valence-electron chi connectivity index (χ0n) is 10.9. The number of ether oxygens (including phenoxy) is 1. The molecule has 0 aliphatic carbocycles. The van der Waals surface area contributed by atoms with E-state index in [1.165, 1.54) is 0 Å². The summed E-state index contributed by atoms with van der Waals surface area (Å²) in [6.45, 7) is 8.26. The second kappa shape index (κ2) is 6.97. The summed E-state index contributed by atoms with van der Waals surface area (Å²) in [5.74, 6) is -1.43. The number of carbonyl (C=O) groups is 1. The van der Waals surface area contributed by atoms with Crippen molar-refractivity contribution in [1.82, 2.24) is 0 Å². The van der Waals surface area contributed by atoms with Crippen molar-refractivity contribution in [2.45, 2.75) is 20.5 Å². The molecule has 0 aliphatic rings. The number of hydrogen-bond acceptors (Lipinski definition) is 2. The minimum Gasteiger partial charge on any atom is -0.481 e. The first-order valence-electron chi connectivity index (χ1n) is 6.02. The van der Waals surface area contributed by atoms with Gasteiger partial charge in [-0.05, 0) is 12.5 Å². The molecule has 0 radical (unpaired) electrons. The lowest BCUT2D eigenvalue weighted by Gasteiger charge is -2.21. The number of carboxylic acids is 1. The molecule has 1 aromatic carbocycles. The molecule has 1 rings (SSSR count). The van der Waals surface area contributed by atoms with Crippen molar-refractivity contribution in [3.8, 4) is 0 Å². The summed E-state index contributed by atoms with van der Waals surface area (Å²) in [4.78, 5) is 11.0. The maximum Gasteiger partial charge on any atom is 0.306 e. The van der Waals surface area contributed by atoms with Crippen LogP contribution in [0.4, 0.5) is 0 Å². The minimum absolute atomic E-state index is 0.147. The highest BCUT2D eigenvalue weighted by Crippen LogP contribution is 2.20. The van der Waals surface area contributed by atoms with Crippen molar-refractivity contribution in [2.75, 3.05) is 6.61 Å². The van der Waals surface area contributed by atoms with Crippen molar-refractivity contribution in [3.05, 3.63) is 48.0 Å². The van der Waals surface area contributed by atoms with Gasteiger partial charge in [-0.3, -0.25) is 4.79 Å². The number of hydrogen-bond donors (Lipinski definition) is 1. The van der Waals surface area contributed by atoms with E-state index in [2.05, 4.69) is 6.58 Å². The Labute approximate surface area is 108 Å². The first-order valence-corrected chi connectivity index (χ1v) is 6.02. The molecule has 98 valence electrons. The molecule has 1 N–H and O–H groups in total. The van der Waals surface area contributed by atoms with E-state index in [4.69, 9.17) is 9.84 Å². The van der Waals surface area contributed by atoms with Gasteiger partial charge in [0.1, 0.15) is 0 Å². The van der Waals surface area contributed by atoms with Crippen LogP contribution in [0, 0.1) is 11.8 Å². The summed E-state index contributed by atoms with van der Waals surface area (Å²) in [5.41, 5.74) is 1.93. The maximum absolute atomic E-state index is 11.0. The van der Waals surface area contributed by atoms with Crippen LogP contribution in [-0.2, 0) is 16.1 Å². The van der Waals surface area contributed by atoms with Gasteiger partial charge in [-0.1, -0.05) is 49.4 Å².